The van der Waals surface area contributed by atoms with Crippen LogP contribution in [0.5, 0.6) is 0 Å². The molecular weight excluding hydrogens is 262 g/mol. The lowest BCUT2D eigenvalue weighted by Crippen LogP contribution is -2.42. The SMILES string of the molecule is CCc1nccn1CC1CCN(C(=O)C(CC)CC)CC1. The summed E-state index contributed by atoms with van der Waals surface area (Å²) in [4.78, 5) is 18.9. The third kappa shape index (κ3) is 3.86. The van der Waals surface area contributed by atoms with Crippen molar-refractivity contribution in [2.75, 3.05) is 13.1 Å². The second kappa shape index (κ2) is 7.62. The maximum atomic E-state index is 12.4. The molecule has 2 heterocycles. The normalized spacial score (nSPS) is 16.7. The highest BCUT2D eigenvalue weighted by atomic mass is 16.2. The molecule has 0 aromatic carbocycles. The van der Waals surface area contributed by atoms with E-state index in [1.54, 1.807) is 0 Å². The van der Waals surface area contributed by atoms with Gasteiger partial charge in [0.05, 0.1) is 0 Å². The van der Waals surface area contributed by atoms with Gasteiger partial charge in [-0.25, -0.2) is 4.98 Å². The quantitative estimate of drug-likeness (QED) is 0.807. The van der Waals surface area contributed by atoms with E-state index >= 15 is 0 Å². The summed E-state index contributed by atoms with van der Waals surface area (Å²) in [6.07, 6.45) is 9.12. The van der Waals surface area contributed by atoms with Crippen molar-refractivity contribution in [2.45, 2.75) is 59.4 Å². The lowest BCUT2D eigenvalue weighted by Gasteiger charge is -2.34. The summed E-state index contributed by atoms with van der Waals surface area (Å²) in [5.74, 6) is 2.44. The van der Waals surface area contributed by atoms with Crippen LogP contribution in [0.2, 0.25) is 0 Å². The first kappa shape index (κ1) is 16.1. The topological polar surface area (TPSA) is 38.1 Å². The van der Waals surface area contributed by atoms with Crippen LogP contribution in [0.3, 0.4) is 0 Å². The number of likely N-dealkylation sites (tertiary alicyclic amines) is 1. The molecule has 1 aliphatic rings. The maximum absolute atomic E-state index is 12.4. The van der Waals surface area contributed by atoms with Gasteiger partial charge in [-0.3, -0.25) is 4.79 Å². The van der Waals surface area contributed by atoms with E-state index in [-0.39, 0.29) is 5.92 Å². The predicted molar refractivity (Wildman–Crippen MR) is 85.0 cm³/mol. The molecule has 0 radical (unpaired) electrons. The summed E-state index contributed by atoms with van der Waals surface area (Å²) >= 11 is 0. The standard InChI is InChI=1S/C17H29N3O/c1-4-15(5-2)17(21)19-10-7-14(8-11-19)13-20-12-9-18-16(20)6-3/h9,12,14-15H,4-8,10-11,13H2,1-3H3. The Bertz CT molecular complexity index is 443. The average Bonchev–Trinajstić information content (AvgIpc) is 2.96. The van der Waals surface area contributed by atoms with Gasteiger partial charge in [-0.05, 0) is 31.6 Å². The van der Waals surface area contributed by atoms with Crippen molar-refractivity contribution in [1.82, 2.24) is 14.5 Å². The number of aryl methyl sites for hydroxylation is 1. The number of hydrogen-bond acceptors (Lipinski definition) is 2. The van der Waals surface area contributed by atoms with E-state index < -0.39 is 0 Å². The second-order valence-corrected chi connectivity index (χ2v) is 6.13. The van der Waals surface area contributed by atoms with Gasteiger partial charge >= 0.3 is 0 Å². The van der Waals surface area contributed by atoms with Gasteiger partial charge in [-0.2, -0.15) is 0 Å². The van der Waals surface area contributed by atoms with Gasteiger partial charge in [0.1, 0.15) is 5.82 Å². The number of aromatic nitrogens is 2. The molecule has 0 spiro atoms. The number of hydrogen-bond donors (Lipinski definition) is 0. The molecule has 0 unspecified atom stereocenters. The molecule has 1 aromatic heterocycles. The fourth-order valence-electron chi connectivity index (χ4n) is 3.33. The minimum atomic E-state index is 0.224. The number of imidazole rings is 1. The Balaban J connectivity index is 1.84. The van der Waals surface area contributed by atoms with E-state index in [1.165, 1.54) is 5.82 Å². The smallest absolute Gasteiger partial charge is 0.225 e. The highest BCUT2D eigenvalue weighted by Crippen LogP contribution is 2.22. The van der Waals surface area contributed by atoms with E-state index in [4.69, 9.17) is 0 Å². The molecule has 0 saturated carbocycles. The van der Waals surface area contributed by atoms with Gasteiger partial charge in [-0.1, -0.05) is 20.8 Å². The Morgan fingerprint density at radius 3 is 2.52 bits per heavy atom. The second-order valence-electron chi connectivity index (χ2n) is 6.13. The number of carbonyl (C=O) groups is 1. The molecular formula is C17H29N3O. The lowest BCUT2D eigenvalue weighted by molar-refractivity contribution is -0.137. The van der Waals surface area contributed by atoms with E-state index in [1.807, 2.05) is 6.20 Å². The van der Waals surface area contributed by atoms with Crippen molar-refractivity contribution in [1.29, 1.82) is 0 Å². The van der Waals surface area contributed by atoms with Crippen LogP contribution in [0.25, 0.3) is 0 Å². The predicted octanol–water partition coefficient (Wildman–Crippen LogP) is 3.12. The zero-order chi connectivity index (χ0) is 15.2. The van der Waals surface area contributed by atoms with Crippen LogP contribution in [-0.2, 0) is 17.8 Å². The Kier molecular flexibility index (Phi) is 5.83. The van der Waals surface area contributed by atoms with E-state index in [2.05, 4.69) is 41.4 Å². The minimum Gasteiger partial charge on any atom is -0.342 e. The van der Waals surface area contributed by atoms with Gasteiger partial charge < -0.3 is 9.47 Å². The molecule has 4 nitrogen and oxygen atoms in total. The Hall–Kier alpha value is -1.32. The molecule has 1 saturated heterocycles. The molecule has 4 heteroatoms. The molecule has 0 N–H and O–H groups in total. The molecule has 1 amide bonds. The van der Waals surface area contributed by atoms with Crippen LogP contribution in [0, 0.1) is 11.8 Å². The van der Waals surface area contributed by atoms with Gasteiger partial charge in [0, 0.05) is 44.4 Å². The third-order valence-electron chi connectivity index (χ3n) is 4.83. The van der Waals surface area contributed by atoms with Crippen LogP contribution < -0.4 is 0 Å². The van der Waals surface area contributed by atoms with Crippen molar-refractivity contribution in [3.63, 3.8) is 0 Å². The van der Waals surface area contributed by atoms with Crippen molar-refractivity contribution >= 4 is 5.91 Å². The van der Waals surface area contributed by atoms with Gasteiger partial charge in [0.15, 0.2) is 0 Å². The van der Waals surface area contributed by atoms with Gasteiger partial charge in [-0.15, -0.1) is 0 Å². The fraction of sp³-hybridized carbons (Fsp3) is 0.765. The number of rotatable bonds is 6. The highest BCUT2D eigenvalue weighted by Gasteiger charge is 2.26. The first-order valence-corrected chi connectivity index (χ1v) is 8.48. The monoisotopic (exact) mass is 291 g/mol. The van der Waals surface area contributed by atoms with Crippen molar-refractivity contribution in [3.05, 3.63) is 18.2 Å². The summed E-state index contributed by atoms with van der Waals surface area (Å²) in [6, 6.07) is 0. The molecule has 2 rings (SSSR count). The summed E-state index contributed by atoms with van der Waals surface area (Å²) in [6.45, 7) is 9.28. The molecule has 0 atom stereocenters. The highest BCUT2D eigenvalue weighted by molar-refractivity contribution is 5.78. The summed E-state index contributed by atoms with van der Waals surface area (Å²) < 4.78 is 2.28. The first-order valence-electron chi connectivity index (χ1n) is 8.48. The van der Waals surface area contributed by atoms with Crippen molar-refractivity contribution in [3.8, 4) is 0 Å². The first-order chi connectivity index (χ1) is 10.2. The van der Waals surface area contributed by atoms with E-state index in [9.17, 15) is 4.79 Å². The van der Waals surface area contributed by atoms with E-state index in [0.29, 0.717) is 11.8 Å². The van der Waals surface area contributed by atoms with Crippen LogP contribution in [0.4, 0.5) is 0 Å². The molecule has 118 valence electrons. The van der Waals surface area contributed by atoms with Gasteiger partial charge in [0.2, 0.25) is 5.91 Å². The number of carbonyl (C=O) groups excluding carboxylic acids is 1. The van der Waals surface area contributed by atoms with Crippen molar-refractivity contribution in [2.24, 2.45) is 11.8 Å². The molecule has 0 bridgehead atoms. The van der Waals surface area contributed by atoms with E-state index in [0.717, 1.165) is 51.7 Å². The molecule has 21 heavy (non-hydrogen) atoms. The Labute approximate surface area is 128 Å². The van der Waals surface area contributed by atoms with Crippen LogP contribution in [0.1, 0.15) is 52.3 Å². The largest absolute Gasteiger partial charge is 0.342 e. The van der Waals surface area contributed by atoms with Crippen LogP contribution >= 0.6 is 0 Å². The summed E-state index contributed by atoms with van der Waals surface area (Å²) in [7, 11) is 0. The minimum absolute atomic E-state index is 0.224. The number of piperidine rings is 1. The van der Waals surface area contributed by atoms with Crippen molar-refractivity contribution < 1.29 is 4.79 Å². The van der Waals surface area contributed by atoms with Gasteiger partial charge in [0.25, 0.3) is 0 Å². The zero-order valence-corrected chi connectivity index (χ0v) is 13.7. The maximum Gasteiger partial charge on any atom is 0.225 e. The van der Waals surface area contributed by atoms with Crippen LogP contribution in [0.15, 0.2) is 12.4 Å². The Morgan fingerprint density at radius 2 is 1.95 bits per heavy atom. The molecule has 0 aliphatic carbocycles. The Morgan fingerprint density at radius 1 is 1.29 bits per heavy atom. The fourth-order valence-corrected chi connectivity index (χ4v) is 3.33. The number of nitrogens with zero attached hydrogens (tertiary/aromatic N) is 3. The zero-order valence-electron chi connectivity index (χ0n) is 13.7. The average molecular weight is 291 g/mol. The summed E-state index contributed by atoms with van der Waals surface area (Å²) in [5, 5.41) is 0. The van der Waals surface area contributed by atoms with Crippen LogP contribution in [-0.4, -0.2) is 33.4 Å². The molecule has 1 fully saturated rings. The third-order valence-corrected chi connectivity index (χ3v) is 4.83. The number of amides is 1. The summed E-state index contributed by atoms with van der Waals surface area (Å²) in [5.41, 5.74) is 0. The lowest BCUT2D eigenvalue weighted by atomic mass is 9.94. The molecule has 1 aromatic rings. The molecule has 1 aliphatic heterocycles.